The van der Waals surface area contributed by atoms with Gasteiger partial charge in [0.2, 0.25) is 0 Å². The number of para-hydroxylation sites is 1. The van der Waals surface area contributed by atoms with Crippen molar-refractivity contribution in [3.63, 3.8) is 0 Å². The topological polar surface area (TPSA) is 59.3 Å². The van der Waals surface area contributed by atoms with Gasteiger partial charge in [-0.05, 0) is 30.4 Å². The zero-order chi connectivity index (χ0) is 13.1. The van der Waals surface area contributed by atoms with E-state index in [9.17, 15) is 9.59 Å². The molecule has 0 bridgehead atoms. The molecule has 0 atom stereocenters. The number of pyridine rings is 1. The Kier molecular flexibility index (Phi) is 3.46. The lowest BCUT2D eigenvalue weighted by Gasteiger charge is -2.08. The first kappa shape index (κ1) is 12.4. The predicted octanol–water partition coefficient (Wildman–Crippen LogP) is 1.95. The molecular weight excluding hydrogens is 230 g/mol. The van der Waals surface area contributed by atoms with Crippen molar-refractivity contribution in [3.05, 3.63) is 46.2 Å². The predicted molar refractivity (Wildman–Crippen MR) is 69.8 cm³/mol. The molecule has 0 fully saturated rings. The first-order chi connectivity index (χ1) is 8.59. The molecule has 0 radical (unpaired) electrons. The maximum atomic E-state index is 12.1. The lowest BCUT2D eigenvalue weighted by atomic mass is 10.1. The number of aryl methyl sites for hydroxylation is 2. The van der Waals surface area contributed by atoms with E-state index in [0.717, 1.165) is 10.9 Å². The second-order valence-corrected chi connectivity index (χ2v) is 4.34. The summed E-state index contributed by atoms with van der Waals surface area (Å²) >= 11 is 0. The molecule has 4 heteroatoms. The van der Waals surface area contributed by atoms with Gasteiger partial charge in [0.25, 0.3) is 5.56 Å². The number of hydrogen-bond acceptors (Lipinski definition) is 2. The summed E-state index contributed by atoms with van der Waals surface area (Å²) in [7, 11) is 1.74. The van der Waals surface area contributed by atoms with Crippen LogP contribution >= 0.6 is 0 Å². The molecule has 94 valence electrons. The highest BCUT2D eigenvalue weighted by Gasteiger charge is 2.07. The lowest BCUT2D eigenvalue weighted by molar-refractivity contribution is -0.137. The van der Waals surface area contributed by atoms with Crippen LogP contribution in [0.25, 0.3) is 10.9 Å². The number of rotatable bonds is 4. The van der Waals surface area contributed by atoms with Gasteiger partial charge in [0, 0.05) is 19.0 Å². The van der Waals surface area contributed by atoms with Gasteiger partial charge < -0.3 is 9.67 Å². The third-order valence-electron chi connectivity index (χ3n) is 3.04. The third-order valence-corrected chi connectivity index (χ3v) is 3.04. The molecule has 0 saturated carbocycles. The molecule has 4 nitrogen and oxygen atoms in total. The summed E-state index contributed by atoms with van der Waals surface area (Å²) in [5.74, 6) is -0.826. The number of fused-ring (bicyclic) bond motifs is 1. The Hall–Kier alpha value is -2.10. The highest BCUT2D eigenvalue weighted by molar-refractivity contribution is 5.79. The number of aliphatic carboxylic acids is 1. The average Bonchev–Trinajstić information content (AvgIpc) is 2.35. The van der Waals surface area contributed by atoms with Gasteiger partial charge in [-0.3, -0.25) is 9.59 Å². The Morgan fingerprint density at radius 3 is 2.78 bits per heavy atom. The van der Waals surface area contributed by atoms with Crippen molar-refractivity contribution >= 4 is 16.9 Å². The molecule has 18 heavy (non-hydrogen) atoms. The first-order valence-electron chi connectivity index (χ1n) is 5.89. The number of benzene rings is 1. The summed E-state index contributed by atoms with van der Waals surface area (Å²) in [5, 5.41) is 9.61. The normalized spacial score (nSPS) is 10.7. The van der Waals surface area contributed by atoms with E-state index in [1.165, 1.54) is 0 Å². The largest absolute Gasteiger partial charge is 0.481 e. The van der Waals surface area contributed by atoms with Crippen LogP contribution in [0, 0.1) is 0 Å². The van der Waals surface area contributed by atoms with Crippen molar-refractivity contribution in [3.8, 4) is 0 Å². The molecule has 0 unspecified atom stereocenters. The van der Waals surface area contributed by atoms with Crippen LogP contribution in [0.4, 0.5) is 0 Å². The Morgan fingerprint density at radius 2 is 2.06 bits per heavy atom. The Balaban J connectivity index is 2.36. The van der Waals surface area contributed by atoms with Gasteiger partial charge in [-0.25, -0.2) is 0 Å². The molecule has 0 aliphatic rings. The monoisotopic (exact) mass is 245 g/mol. The van der Waals surface area contributed by atoms with E-state index in [-0.39, 0.29) is 12.0 Å². The number of carbonyl (C=O) groups is 1. The van der Waals surface area contributed by atoms with Crippen molar-refractivity contribution < 1.29 is 9.90 Å². The first-order valence-corrected chi connectivity index (χ1v) is 5.89. The molecule has 1 aromatic carbocycles. The summed E-state index contributed by atoms with van der Waals surface area (Å²) in [4.78, 5) is 22.5. The van der Waals surface area contributed by atoms with Crippen LogP contribution in [0.15, 0.2) is 35.1 Å². The van der Waals surface area contributed by atoms with Gasteiger partial charge in [0.05, 0.1) is 5.52 Å². The molecule has 1 heterocycles. The van der Waals surface area contributed by atoms with E-state index in [1.54, 1.807) is 11.6 Å². The highest BCUT2D eigenvalue weighted by atomic mass is 16.4. The molecule has 0 aliphatic heterocycles. The van der Waals surface area contributed by atoms with Gasteiger partial charge >= 0.3 is 5.97 Å². The summed E-state index contributed by atoms with van der Waals surface area (Å²) in [6.45, 7) is 0. The van der Waals surface area contributed by atoms with E-state index in [2.05, 4.69) is 0 Å². The number of carboxylic acid groups (broad SMARTS) is 1. The van der Waals surface area contributed by atoms with Gasteiger partial charge in [0.15, 0.2) is 0 Å². The Labute approximate surface area is 104 Å². The van der Waals surface area contributed by atoms with E-state index in [0.29, 0.717) is 18.4 Å². The van der Waals surface area contributed by atoms with E-state index < -0.39 is 5.97 Å². The van der Waals surface area contributed by atoms with Crippen LogP contribution in [-0.2, 0) is 18.3 Å². The molecular formula is C14H15NO3. The molecule has 1 aromatic heterocycles. The number of nitrogens with zero attached hydrogens (tertiary/aromatic N) is 1. The van der Waals surface area contributed by atoms with Crippen LogP contribution in [0.5, 0.6) is 0 Å². The fraction of sp³-hybridized carbons (Fsp3) is 0.286. The second-order valence-electron chi connectivity index (χ2n) is 4.34. The van der Waals surface area contributed by atoms with E-state index in [1.807, 2.05) is 30.3 Å². The van der Waals surface area contributed by atoms with Crippen molar-refractivity contribution in [1.82, 2.24) is 4.57 Å². The Morgan fingerprint density at radius 1 is 1.33 bits per heavy atom. The number of aromatic nitrogens is 1. The minimum absolute atomic E-state index is 0.0425. The second kappa shape index (κ2) is 5.04. The van der Waals surface area contributed by atoms with E-state index in [4.69, 9.17) is 5.11 Å². The third kappa shape index (κ3) is 2.42. The van der Waals surface area contributed by atoms with Gasteiger partial charge in [-0.15, -0.1) is 0 Å². The maximum Gasteiger partial charge on any atom is 0.303 e. The summed E-state index contributed by atoms with van der Waals surface area (Å²) in [6.07, 6.45) is 1.09. The molecule has 0 aliphatic carbocycles. The number of carboxylic acids is 1. The minimum atomic E-state index is -0.826. The summed E-state index contributed by atoms with van der Waals surface area (Å²) < 4.78 is 1.62. The minimum Gasteiger partial charge on any atom is -0.481 e. The standard InChI is InChI=1S/C14H15NO3/c1-15-12-7-3-2-5-10(12)9-11(14(15)18)6-4-8-13(16)17/h2-3,5,7,9H,4,6,8H2,1H3,(H,16,17). The Bertz CT molecular complexity index is 643. The fourth-order valence-electron chi connectivity index (χ4n) is 2.10. The molecule has 0 saturated heterocycles. The summed E-state index contributed by atoms with van der Waals surface area (Å²) in [6, 6.07) is 9.53. The van der Waals surface area contributed by atoms with Crippen molar-refractivity contribution in [2.75, 3.05) is 0 Å². The lowest BCUT2D eigenvalue weighted by Crippen LogP contribution is -2.21. The van der Waals surface area contributed by atoms with Crippen LogP contribution in [0.1, 0.15) is 18.4 Å². The molecule has 1 N–H and O–H groups in total. The fourth-order valence-corrected chi connectivity index (χ4v) is 2.10. The van der Waals surface area contributed by atoms with Crippen LogP contribution in [0.2, 0.25) is 0 Å². The zero-order valence-electron chi connectivity index (χ0n) is 10.2. The SMILES string of the molecule is Cn1c(=O)c(CCCC(=O)O)cc2ccccc21. The highest BCUT2D eigenvalue weighted by Crippen LogP contribution is 2.13. The summed E-state index contributed by atoms with van der Waals surface area (Å²) in [5.41, 5.74) is 1.53. The van der Waals surface area contributed by atoms with Crippen LogP contribution in [-0.4, -0.2) is 15.6 Å². The van der Waals surface area contributed by atoms with E-state index >= 15 is 0 Å². The van der Waals surface area contributed by atoms with Crippen molar-refractivity contribution in [1.29, 1.82) is 0 Å². The van der Waals surface area contributed by atoms with Gasteiger partial charge in [-0.2, -0.15) is 0 Å². The number of hydrogen-bond donors (Lipinski definition) is 1. The molecule has 2 aromatic rings. The smallest absolute Gasteiger partial charge is 0.303 e. The van der Waals surface area contributed by atoms with Crippen molar-refractivity contribution in [2.24, 2.45) is 7.05 Å². The van der Waals surface area contributed by atoms with Gasteiger partial charge in [-0.1, -0.05) is 18.2 Å². The average molecular weight is 245 g/mol. The van der Waals surface area contributed by atoms with Crippen molar-refractivity contribution in [2.45, 2.75) is 19.3 Å². The van der Waals surface area contributed by atoms with Gasteiger partial charge in [0.1, 0.15) is 0 Å². The van der Waals surface area contributed by atoms with Crippen LogP contribution in [0.3, 0.4) is 0 Å². The van der Waals surface area contributed by atoms with Crippen LogP contribution < -0.4 is 5.56 Å². The maximum absolute atomic E-state index is 12.1. The molecule has 0 amide bonds. The zero-order valence-corrected chi connectivity index (χ0v) is 10.2. The molecule has 0 spiro atoms. The molecule has 2 rings (SSSR count). The quantitative estimate of drug-likeness (QED) is 0.895.